The maximum atomic E-state index is 13.3. The van der Waals surface area contributed by atoms with Crippen LogP contribution in [0.4, 0.5) is 4.39 Å². The minimum atomic E-state index is -0.246. The molecule has 4 nitrogen and oxygen atoms in total. The second kappa shape index (κ2) is 5.75. The number of rotatable bonds is 2. The number of benzene rings is 1. The molecular formula is C17H17FN2O2. The Morgan fingerprint density at radius 1 is 1.36 bits per heavy atom. The summed E-state index contributed by atoms with van der Waals surface area (Å²) in [6.45, 7) is 4.56. The van der Waals surface area contributed by atoms with Crippen LogP contribution < -0.4 is 0 Å². The first-order valence-corrected chi connectivity index (χ1v) is 7.23. The van der Waals surface area contributed by atoms with Crippen LogP contribution in [0.5, 0.6) is 0 Å². The van der Waals surface area contributed by atoms with Gasteiger partial charge in [-0.3, -0.25) is 4.79 Å². The van der Waals surface area contributed by atoms with Gasteiger partial charge in [0.05, 0.1) is 5.69 Å². The first-order valence-electron chi connectivity index (χ1n) is 7.23. The molecule has 3 rings (SSSR count). The van der Waals surface area contributed by atoms with E-state index in [9.17, 15) is 9.18 Å². The van der Waals surface area contributed by atoms with Gasteiger partial charge >= 0.3 is 0 Å². The monoisotopic (exact) mass is 300 g/mol. The molecule has 0 radical (unpaired) electrons. The number of halogens is 1. The molecule has 0 saturated carbocycles. The number of carbonyl (C=O) groups excluding carboxylic acids is 1. The van der Waals surface area contributed by atoms with Gasteiger partial charge in [0.15, 0.2) is 5.89 Å². The zero-order valence-corrected chi connectivity index (χ0v) is 12.6. The summed E-state index contributed by atoms with van der Waals surface area (Å²) >= 11 is 0. The van der Waals surface area contributed by atoms with Crippen molar-refractivity contribution in [3.8, 4) is 0 Å². The highest BCUT2D eigenvalue weighted by Crippen LogP contribution is 2.24. The predicted octanol–water partition coefficient (Wildman–Crippen LogP) is 3.36. The van der Waals surface area contributed by atoms with Gasteiger partial charge in [0, 0.05) is 20.0 Å². The Balaban J connectivity index is 1.76. The highest BCUT2D eigenvalue weighted by atomic mass is 19.1. The van der Waals surface area contributed by atoms with E-state index in [0.29, 0.717) is 36.9 Å². The molecule has 0 atom stereocenters. The topological polar surface area (TPSA) is 46.3 Å². The van der Waals surface area contributed by atoms with Crippen LogP contribution in [0.3, 0.4) is 0 Å². The lowest BCUT2D eigenvalue weighted by molar-refractivity contribution is 0.0738. The third-order valence-electron chi connectivity index (χ3n) is 3.79. The molecule has 0 bridgehead atoms. The lowest BCUT2D eigenvalue weighted by Crippen LogP contribution is -2.34. The lowest BCUT2D eigenvalue weighted by Gasteiger charge is -2.26. The molecule has 0 spiro atoms. The van der Waals surface area contributed by atoms with Crippen LogP contribution in [0.25, 0.3) is 5.57 Å². The molecule has 22 heavy (non-hydrogen) atoms. The number of oxazole rings is 1. The van der Waals surface area contributed by atoms with E-state index in [1.165, 1.54) is 12.1 Å². The second-order valence-electron chi connectivity index (χ2n) is 5.39. The van der Waals surface area contributed by atoms with Gasteiger partial charge in [-0.2, -0.15) is 0 Å². The Kier molecular flexibility index (Phi) is 3.79. The first-order chi connectivity index (χ1) is 10.5. The van der Waals surface area contributed by atoms with Gasteiger partial charge in [0.25, 0.3) is 5.91 Å². The number of aromatic nitrogens is 1. The SMILES string of the molecule is Cc1nc(C)c(C(=O)N2CC=C(c3cccc(F)c3)CC2)o1. The Morgan fingerprint density at radius 2 is 2.18 bits per heavy atom. The van der Waals surface area contributed by atoms with Gasteiger partial charge in [-0.05, 0) is 36.6 Å². The van der Waals surface area contributed by atoms with E-state index < -0.39 is 0 Å². The Morgan fingerprint density at radius 3 is 2.77 bits per heavy atom. The summed E-state index contributed by atoms with van der Waals surface area (Å²) in [5.41, 5.74) is 2.55. The van der Waals surface area contributed by atoms with Gasteiger partial charge in [0.1, 0.15) is 5.82 Å². The molecule has 0 saturated heterocycles. The summed E-state index contributed by atoms with van der Waals surface area (Å²) in [5, 5.41) is 0. The predicted molar refractivity (Wildman–Crippen MR) is 80.9 cm³/mol. The first kappa shape index (κ1) is 14.5. The third-order valence-corrected chi connectivity index (χ3v) is 3.79. The Labute approximate surface area is 128 Å². The minimum Gasteiger partial charge on any atom is -0.436 e. The summed E-state index contributed by atoms with van der Waals surface area (Å²) in [5.74, 6) is 0.409. The highest BCUT2D eigenvalue weighted by molar-refractivity contribution is 5.93. The molecule has 114 valence electrons. The van der Waals surface area contributed by atoms with Gasteiger partial charge < -0.3 is 9.32 Å². The van der Waals surface area contributed by atoms with E-state index in [1.54, 1.807) is 24.8 Å². The molecular weight excluding hydrogens is 283 g/mol. The highest BCUT2D eigenvalue weighted by Gasteiger charge is 2.24. The van der Waals surface area contributed by atoms with Gasteiger partial charge in [-0.15, -0.1) is 0 Å². The largest absolute Gasteiger partial charge is 0.436 e. The van der Waals surface area contributed by atoms with Crippen molar-refractivity contribution in [2.24, 2.45) is 0 Å². The van der Waals surface area contributed by atoms with Crippen LogP contribution in [0.2, 0.25) is 0 Å². The zero-order valence-electron chi connectivity index (χ0n) is 12.6. The quantitative estimate of drug-likeness (QED) is 0.854. The average molecular weight is 300 g/mol. The number of amides is 1. The molecule has 0 unspecified atom stereocenters. The number of hydrogen-bond donors (Lipinski definition) is 0. The van der Waals surface area contributed by atoms with Crippen molar-refractivity contribution in [1.82, 2.24) is 9.88 Å². The fraction of sp³-hybridized carbons (Fsp3) is 0.294. The van der Waals surface area contributed by atoms with E-state index in [4.69, 9.17) is 4.42 Å². The summed E-state index contributed by atoms with van der Waals surface area (Å²) < 4.78 is 18.7. The summed E-state index contributed by atoms with van der Waals surface area (Å²) in [6, 6.07) is 6.53. The fourth-order valence-corrected chi connectivity index (χ4v) is 2.68. The molecule has 0 N–H and O–H groups in total. The van der Waals surface area contributed by atoms with Gasteiger partial charge in [-0.1, -0.05) is 18.2 Å². The molecule has 0 fully saturated rings. The van der Waals surface area contributed by atoms with Crippen molar-refractivity contribution >= 4 is 11.5 Å². The van der Waals surface area contributed by atoms with Gasteiger partial charge in [0.2, 0.25) is 5.76 Å². The van der Waals surface area contributed by atoms with Crippen molar-refractivity contribution in [2.75, 3.05) is 13.1 Å². The number of carbonyl (C=O) groups is 1. The van der Waals surface area contributed by atoms with E-state index in [2.05, 4.69) is 4.98 Å². The molecule has 1 aliphatic rings. The molecule has 2 aromatic rings. The van der Waals surface area contributed by atoms with Crippen LogP contribution in [0.15, 0.2) is 34.8 Å². The average Bonchev–Trinajstić information content (AvgIpc) is 2.85. The number of nitrogens with zero attached hydrogens (tertiary/aromatic N) is 2. The molecule has 1 aliphatic heterocycles. The molecule has 2 heterocycles. The maximum Gasteiger partial charge on any atom is 0.291 e. The van der Waals surface area contributed by atoms with Crippen molar-refractivity contribution in [1.29, 1.82) is 0 Å². The van der Waals surface area contributed by atoms with E-state index in [0.717, 1.165) is 11.1 Å². The van der Waals surface area contributed by atoms with Crippen molar-refractivity contribution in [3.05, 3.63) is 59.1 Å². The standard InChI is InChI=1S/C17H17FN2O2/c1-11-16(22-12(2)19-11)17(21)20-8-6-13(7-9-20)14-4-3-5-15(18)10-14/h3-6,10H,7-9H2,1-2H3. The summed E-state index contributed by atoms with van der Waals surface area (Å²) in [7, 11) is 0. The molecule has 5 heteroatoms. The molecule has 1 aromatic heterocycles. The Hall–Kier alpha value is -2.43. The Bertz CT molecular complexity index is 749. The van der Waals surface area contributed by atoms with Crippen molar-refractivity contribution in [2.45, 2.75) is 20.3 Å². The normalized spacial score (nSPS) is 14.9. The lowest BCUT2D eigenvalue weighted by atomic mass is 9.99. The minimum absolute atomic E-state index is 0.146. The molecule has 1 aromatic carbocycles. The van der Waals surface area contributed by atoms with Crippen LogP contribution in [-0.2, 0) is 0 Å². The maximum absolute atomic E-state index is 13.3. The van der Waals surface area contributed by atoms with Gasteiger partial charge in [-0.25, -0.2) is 9.37 Å². The smallest absolute Gasteiger partial charge is 0.291 e. The zero-order chi connectivity index (χ0) is 15.7. The fourth-order valence-electron chi connectivity index (χ4n) is 2.68. The van der Waals surface area contributed by atoms with Crippen LogP contribution in [0, 0.1) is 19.7 Å². The summed E-state index contributed by atoms with van der Waals surface area (Å²) in [4.78, 5) is 18.3. The van der Waals surface area contributed by atoms with E-state index in [1.807, 2.05) is 12.1 Å². The van der Waals surface area contributed by atoms with E-state index >= 15 is 0 Å². The number of aryl methyl sites for hydroxylation is 2. The summed E-state index contributed by atoms with van der Waals surface area (Å²) in [6.07, 6.45) is 2.66. The van der Waals surface area contributed by atoms with Crippen LogP contribution >= 0.6 is 0 Å². The van der Waals surface area contributed by atoms with Crippen molar-refractivity contribution < 1.29 is 13.6 Å². The van der Waals surface area contributed by atoms with Crippen LogP contribution in [0.1, 0.15) is 34.1 Å². The molecule has 0 aliphatic carbocycles. The molecule has 1 amide bonds. The van der Waals surface area contributed by atoms with Crippen LogP contribution in [-0.4, -0.2) is 28.9 Å². The number of hydrogen-bond acceptors (Lipinski definition) is 3. The third kappa shape index (κ3) is 2.79. The second-order valence-corrected chi connectivity index (χ2v) is 5.39. The van der Waals surface area contributed by atoms with E-state index in [-0.39, 0.29) is 11.7 Å². The van der Waals surface area contributed by atoms with Crippen molar-refractivity contribution in [3.63, 3.8) is 0 Å².